The minimum absolute atomic E-state index is 0.108. The molecule has 0 radical (unpaired) electrons. The Morgan fingerprint density at radius 2 is 1.18 bits per heavy atom. The molecule has 0 unspecified atom stereocenters. The van der Waals surface area contributed by atoms with Crippen molar-refractivity contribution in [2.75, 3.05) is 13.2 Å². The number of rotatable bonds is 11. The molecule has 0 heterocycles. The average Bonchev–Trinajstić information content (AvgIpc) is 2.70. The van der Waals surface area contributed by atoms with E-state index in [9.17, 15) is 10.2 Å². The molecule has 28 heavy (non-hydrogen) atoms. The van der Waals surface area contributed by atoms with Crippen LogP contribution >= 0.6 is 0 Å². The van der Waals surface area contributed by atoms with Crippen LogP contribution in [0.15, 0.2) is 46.6 Å². The first-order valence-electron chi connectivity index (χ1n) is 9.62. The highest BCUT2D eigenvalue weighted by atomic mass is 16.5. The Labute approximate surface area is 166 Å². The molecule has 2 aromatic carbocycles. The minimum Gasteiger partial charge on any atom is -0.504 e. The van der Waals surface area contributed by atoms with Crippen molar-refractivity contribution in [1.29, 1.82) is 0 Å². The first-order valence-corrected chi connectivity index (χ1v) is 9.62. The van der Waals surface area contributed by atoms with E-state index in [4.69, 9.17) is 9.47 Å². The van der Waals surface area contributed by atoms with E-state index in [1.54, 1.807) is 48.8 Å². The van der Waals surface area contributed by atoms with Gasteiger partial charge in [0, 0.05) is 0 Å². The number of ether oxygens (including phenoxy) is 2. The number of hydrogen-bond acceptors (Lipinski definition) is 6. The van der Waals surface area contributed by atoms with Gasteiger partial charge in [-0.3, -0.25) is 0 Å². The molecule has 0 spiro atoms. The normalized spacial score (nSPS) is 11.4. The predicted molar refractivity (Wildman–Crippen MR) is 112 cm³/mol. The molecule has 6 heteroatoms. The van der Waals surface area contributed by atoms with Crippen molar-refractivity contribution in [2.24, 2.45) is 10.2 Å². The summed E-state index contributed by atoms with van der Waals surface area (Å²) in [6, 6.07) is 10.1. The maximum atomic E-state index is 9.85. The molecule has 2 N–H and O–H groups in total. The van der Waals surface area contributed by atoms with Crippen molar-refractivity contribution >= 4 is 12.4 Å². The van der Waals surface area contributed by atoms with E-state index >= 15 is 0 Å². The second kappa shape index (κ2) is 11.6. The maximum absolute atomic E-state index is 9.85. The molecule has 6 nitrogen and oxygen atoms in total. The van der Waals surface area contributed by atoms with E-state index in [-0.39, 0.29) is 11.5 Å². The standard InChI is InChI=1S/C22H28N2O4/c1-3-5-11-27-21-13-17(7-9-19(21)25)15-23-24-16-18-8-10-20(26)22(14-18)28-12-6-4-2/h7-10,13-16,25-26H,3-6,11-12H2,1-2H3. The highest BCUT2D eigenvalue weighted by molar-refractivity contribution is 5.83. The van der Waals surface area contributed by atoms with E-state index in [1.807, 2.05) is 0 Å². The highest BCUT2D eigenvalue weighted by Crippen LogP contribution is 2.27. The fourth-order valence-electron chi connectivity index (χ4n) is 2.31. The third-order valence-electron chi connectivity index (χ3n) is 3.96. The molecule has 2 aromatic rings. The smallest absolute Gasteiger partial charge is 0.161 e. The number of phenols is 2. The lowest BCUT2D eigenvalue weighted by Crippen LogP contribution is -1.97. The summed E-state index contributed by atoms with van der Waals surface area (Å²) >= 11 is 0. The highest BCUT2D eigenvalue weighted by Gasteiger charge is 2.04. The molecule has 0 aliphatic carbocycles. The van der Waals surface area contributed by atoms with Gasteiger partial charge < -0.3 is 19.7 Å². The summed E-state index contributed by atoms with van der Waals surface area (Å²) in [6.45, 7) is 5.29. The summed E-state index contributed by atoms with van der Waals surface area (Å²) in [4.78, 5) is 0. The van der Waals surface area contributed by atoms with E-state index < -0.39 is 0 Å². The second-order valence-corrected chi connectivity index (χ2v) is 6.35. The average molecular weight is 384 g/mol. The fraction of sp³-hybridized carbons (Fsp3) is 0.364. The number of hydrogen-bond donors (Lipinski definition) is 2. The van der Waals surface area contributed by atoms with Gasteiger partial charge in [0.2, 0.25) is 0 Å². The van der Waals surface area contributed by atoms with Crippen LogP contribution in [0.5, 0.6) is 23.0 Å². The van der Waals surface area contributed by atoms with Gasteiger partial charge in [0.1, 0.15) is 0 Å². The molecule has 0 aliphatic rings. The van der Waals surface area contributed by atoms with Crippen LogP contribution < -0.4 is 9.47 Å². The van der Waals surface area contributed by atoms with Gasteiger partial charge in [-0.15, -0.1) is 0 Å². The predicted octanol–water partition coefficient (Wildman–Crippen LogP) is 4.91. The van der Waals surface area contributed by atoms with Gasteiger partial charge in [0.05, 0.1) is 25.6 Å². The number of phenolic OH excluding ortho intramolecular Hbond substituents is 2. The number of unbranched alkanes of at least 4 members (excludes halogenated alkanes) is 2. The Hall–Kier alpha value is -3.02. The zero-order chi connectivity index (χ0) is 20.2. The van der Waals surface area contributed by atoms with Gasteiger partial charge in [-0.25, -0.2) is 0 Å². The van der Waals surface area contributed by atoms with Crippen LogP contribution in [-0.4, -0.2) is 35.9 Å². The van der Waals surface area contributed by atoms with Crippen molar-refractivity contribution in [3.8, 4) is 23.0 Å². The second-order valence-electron chi connectivity index (χ2n) is 6.35. The monoisotopic (exact) mass is 384 g/mol. The summed E-state index contributed by atoms with van der Waals surface area (Å²) in [5, 5.41) is 27.8. The molecule has 150 valence electrons. The third kappa shape index (κ3) is 6.95. The van der Waals surface area contributed by atoms with Gasteiger partial charge in [0.15, 0.2) is 23.0 Å². The Bertz CT molecular complexity index is 736. The zero-order valence-electron chi connectivity index (χ0n) is 16.5. The van der Waals surface area contributed by atoms with Gasteiger partial charge >= 0.3 is 0 Å². The van der Waals surface area contributed by atoms with Crippen molar-refractivity contribution < 1.29 is 19.7 Å². The Morgan fingerprint density at radius 3 is 1.57 bits per heavy atom. The summed E-state index contributed by atoms with van der Waals surface area (Å²) in [7, 11) is 0. The van der Waals surface area contributed by atoms with E-state index in [0.717, 1.165) is 36.8 Å². The van der Waals surface area contributed by atoms with Crippen molar-refractivity contribution in [3.05, 3.63) is 47.5 Å². The number of benzene rings is 2. The Kier molecular flexibility index (Phi) is 8.85. The lowest BCUT2D eigenvalue weighted by atomic mass is 10.2. The Morgan fingerprint density at radius 1 is 0.750 bits per heavy atom. The SMILES string of the molecule is CCCCOc1cc(C=NN=Cc2ccc(O)c(OCCCC)c2)ccc1O. The van der Waals surface area contributed by atoms with E-state index in [1.165, 1.54) is 0 Å². The molecule has 0 aliphatic heterocycles. The largest absolute Gasteiger partial charge is 0.504 e. The third-order valence-corrected chi connectivity index (χ3v) is 3.96. The molecule has 0 saturated carbocycles. The van der Waals surface area contributed by atoms with Crippen LogP contribution in [0.3, 0.4) is 0 Å². The quantitative estimate of drug-likeness (QED) is 0.328. The van der Waals surface area contributed by atoms with Crippen LogP contribution in [0.4, 0.5) is 0 Å². The summed E-state index contributed by atoms with van der Waals surface area (Å²) in [5.41, 5.74) is 1.55. The minimum atomic E-state index is 0.108. The molecule has 2 rings (SSSR count). The lowest BCUT2D eigenvalue weighted by molar-refractivity contribution is 0.293. The molecule has 0 bridgehead atoms. The van der Waals surface area contributed by atoms with Gasteiger partial charge in [-0.2, -0.15) is 10.2 Å². The molecule has 0 saturated heterocycles. The maximum Gasteiger partial charge on any atom is 0.161 e. The fourth-order valence-corrected chi connectivity index (χ4v) is 2.31. The zero-order valence-corrected chi connectivity index (χ0v) is 16.5. The summed E-state index contributed by atoms with van der Waals surface area (Å²) in [5.74, 6) is 1.09. The Balaban J connectivity index is 1.99. The van der Waals surface area contributed by atoms with Crippen LogP contribution in [-0.2, 0) is 0 Å². The first-order chi connectivity index (χ1) is 13.6. The van der Waals surface area contributed by atoms with E-state index in [0.29, 0.717) is 24.7 Å². The molecular weight excluding hydrogens is 356 g/mol. The van der Waals surface area contributed by atoms with Crippen molar-refractivity contribution in [2.45, 2.75) is 39.5 Å². The van der Waals surface area contributed by atoms with Crippen LogP contribution in [0.2, 0.25) is 0 Å². The van der Waals surface area contributed by atoms with Crippen LogP contribution in [0.1, 0.15) is 50.7 Å². The topological polar surface area (TPSA) is 83.6 Å². The molecule has 0 atom stereocenters. The van der Waals surface area contributed by atoms with Crippen LogP contribution in [0, 0.1) is 0 Å². The lowest BCUT2D eigenvalue weighted by Gasteiger charge is -2.08. The van der Waals surface area contributed by atoms with Crippen molar-refractivity contribution in [3.63, 3.8) is 0 Å². The van der Waals surface area contributed by atoms with Gasteiger partial charge in [-0.1, -0.05) is 26.7 Å². The first kappa shape index (κ1) is 21.3. The summed E-state index contributed by atoms with van der Waals surface area (Å²) in [6.07, 6.45) is 7.08. The number of aromatic hydroxyl groups is 2. The van der Waals surface area contributed by atoms with E-state index in [2.05, 4.69) is 24.1 Å². The molecule has 0 amide bonds. The summed E-state index contributed by atoms with van der Waals surface area (Å²) < 4.78 is 11.1. The van der Waals surface area contributed by atoms with Gasteiger partial charge in [-0.05, 0) is 60.4 Å². The molecule has 0 aromatic heterocycles. The van der Waals surface area contributed by atoms with Crippen molar-refractivity contribution in [1.82, 2.24) is 0 Å². The number of nitrogens with zero attached hydrogens (tertiary/aromatic N) is 2. The molecule has 0 fully saturated rings. The van der Waals surface area contributed by atoms with Crippen LogP contribution in [0.25, 0.3) is 0 Å². The molecular formula is C22H28N2O4. The van der Waals surface area contributed by atoms with Gasteiger partial charge in [0.25, 0.3) is 0 Å².